The first-order valence-electron chi connectivity index (χ1n) is 8.28. The Morgan fingerprint density at radius 1 is 1.19 bits per heavy atom. The Hall–Kier alpha value is -2.12. The van der Waals surface area contributed by atoms with Gasteiger partial charge in [-0.2, -0.15) is 0 Å². The van der Waals surface area contributed by atoms with Gasteiger partial charge in [0.2, 0.25) is 0 Å². The minimum Gasteiger partial charge on any atom is -0.493 e. The Balaban J connectivity index is 2.08. The molecule has 0 saturated carbocycles. The number of nitrogens with zero attached hydrogens (tertiary/aromatic N) is 3. The largest absolute Gasteiger partial charge is 0.493 e. The first kappa shape index (κ1) is 18.7. The molecule has 3 rings (SSSR count). The molecule has 7 heteroatoms. The minimum atomic E-state index is -0.0844. The summed E-state index contributed by atoms with van der Waals surface area (Å²) in [5.41, 5.74) is 2.45. The quantitative estimate of drug-likeness (QED) is 0.762. The molecule has 1 aromatic heterocycles. The minimum absolute atomic E-state index is 0.0844. The summed E-state index contributed by atoms with van der Waals surface area (Å²) in [6.07, 6.45) is 4.09. The van der Waals surface area contributed by atoms with Crippen molar-refractivity contribution in [2.75, 3.05) is 39.8 Å². The highest BCUT2D eigenvalue weighted by Crippen LogP contribution is 2.39. The lowest BCUT2D eigenvalue weighted by Gasteiger charge is -2.38. The van der Waals surface area contributed by atoms with E-state index in [1.165, 1.54) is 0 Å². The summed E-state index contributed by atoms with van der Waals surface area (Å²) >= 11 is 3.38. The summed E-state index contributed by atoms with van der Waals surface area (Å²) in [7, 11) is 7.27. The Labute approximate surface area is 161 Å². The number of carbonyl (C=O) groups is 1. The van der Waals surface area contributed by atoms with Gasteiger partial charge < -0.3 is 19.3 Å². The van der Waals surface area contributed by atoms with Crippen LogP contribution in [0.15, 0.2) is 35.1 Å². The number of anilines is 1. The number of hydrogen-bond acceptors (Lipinski definition) is 5. The van der Waals surface area contributed by atoms with Crippen LogP contribution in [0.5, 0.6) is 11.5 Å². The van der Waals surface area contributed by atoms with Crippen LogP contribution in [0.2, 0.25) is 0 Å². The molecule has 1 atom stereocenters. The number of methoxy groups -OCH3 is 2. The van der Waals surface area contributed by atoms with Crippen molar-refractivity contribution in [3.05, 3.63) is 46.2 Å². The lowest BCUT2D eigenvalue weighted by atomic mass is 9.95. The third-order valence-electron chi connectivity index (χ3n) is 4.65. The van der Waals surface area contributed by atoms with Crippen LogP contribution in [0.3, 0.4) is 0 Å². The van der Waals surface area contributed by atoms with E-state index in [9.17, 15) is 4.79 Å². The monoisotopic (exact) mass is 419 g/mol. The van der Waals surface area contributed by atoms with Crippen molar-refractivity contribution in [1.29, 1.82) is 0 Å². The van der Waals surface area contributed by atoms with Gasteiger partial charge in [-0.15, -0.1) is 0 Å². The van der Waals surface area contributed by atoms with E-state index in [1.54, 1.807) is 37.6 Å². The number of carbonyl (C=O) groups excluding carboxylic acids is 1. The van der Waals surface area contributed by atoms with E-state index in [1.807, 2.05) is 26.2 Å². The maximum atomic E-state index is 13.2. The summed E-state index contributed by atoms with van der Waals surface area (Å²) in [5, 5.41) is 0. The maximum absolute atomic E-state index is 13.2. The fourth-order valence-corrected chi connectivity index (χ4v) is 3.54. The van der Waals surface area contributed by atoms with Crippen LogP contribution in [0.25, 0.3) is 0 Å². The van der Waals surface area contributed by atoms with Gasteiger partial charge in [-0.3, -0.25) is 9.78 Å². The van der Waals surface area contributed by atoms with Gasteiger partial charge in [0.1, 0.15) is 0 Å². The number of benzene rings is 1. The summed E-state index contributed by atoms with van der Waals surface area (Å²) in [5.74, 6) is 1.20. The number of aromatic nitrogens is 1. The summed E-state index contributed by atoms with van der Waals surface area (Å²) < 4.78 is 11.6. The van der Waals surface area contributed by atoms with E-state index >= 15 is 0 Å². The van der Waals surface area contributed by atoms with Crippen LogP contribution in [0.4, 0.5) is 5.69 Å². The molecule has 1 aromatic carbocycles. The molecule has 6 nitrogen and oxygen atoms in total. The predicted octanol–water partition coefficient (Wildman–Crippen LogP) is 2.99. The van der Waals surface area contributed by atoms with Gasteiger partial charge in [-0.05, 0) is 54.1 Å². The highest BCUT2D eigenvalue weighted by molar-refractivity contribution is 9.10. The lowest BCUT2D eigenvalue weighted by Crippen LogP contribution is -2.48. The molecular formula is C19H22BrN3O3. The zero-order chi connectivity index (χ0) is 18.8. The zero-order valence-corrected chi connectivity index (χ0v) is 16.9. The maximum Gasteiger partial charge on any atom is 0.259 e. The molecule has 0 spiro atoms. The SMILES string of the molecule is COc1cc2c(cc1OC)N(C(=O)c1cncc(Br)c1)CC(N(C)C)C2. The van der Waals surface area contributed by atoms with E-state index in [-0.39, 0.29) is 11.9 Å². The first-order valence-corrected chi connectivity index (χ1v) is 9.07. The molecule has 138 valence electrons. The normalized spacial score (nSPS) is 16.4. The third kappa shape index (κ3) is 3.54. The fraction of sp³-hybridized carbons (Fsp3) is 0.368. The summed E-state index contributed by atoms with van der Waals surface area (Å²) in [4.78, 5) is 21.3. The third-order valence-corrected chi connectivity index (χ3v) is 5.09. The van der Waals surface area contributed by atoms with Crippen molar-refractivity contribution in [1.82, 2.24) is 9.88 Å². The second-order valence-corrected chi connectivity index (χ2v) is 7.38. The Morgan fingerprint density at radius 2 is 1.88 bits per heavy atom. The van der Waals surface area contributed by atoms with E-state index in [4.69, 9.17) is 9.47 Å². The van der Waals surface area contributed by atoms with Gasteiger partial charge in [-0.25, -0.2) is 0 Å². The van der Waals surface area contributed by atoms with Gasteiger partial charge in [0.15, 0.2) is 11.5 Å². The topological polar surface area (TPSA) is 54.9 Å². The van der Waals surface area contributed by atoms with Gasteiger partial charge >= 0.3 is 0 Å². The molecule has 1 aliphatic heterocycles. The number of halogens is 1. The first-order chi connectivity index (χ1) is 12.4. The zero-order valence-electron chi connectivity index (χ0n) is 15.3. The Morgan fingerprint density at radius 3 is 2.50 bits per heavy atom. The fourth-order valence-electron chi connectivity index (χ4n) is 3.18. The van der Waals surface area contributed by atoms with Crippen molar-refractivity contribution in [2.45, 2.75) is 12.5 Å². The van der Waals surface area contributed by atoms with Crippen LogP contribution in [0, 0.1) is 0 Å². The van der Waals surface area contributed by atoms with Crippen LogP contribution >= 0.6 is 15.9 Å². The van der Waals surface area contributed by atoms with Crippen molar-refractivity contribution >= 4 is 27.5 Å². The molecule has 0 bridgehead atoms. The van der Waals surface area contributed by atoms with Crippen molar-refractivity contribution < 1.29 is 14.3 Å². The highest BCUT2D eigenvalue weighted by Gasteiger charge is 2.31. The molecule has 0 radical (unpaired) electrons. The molecular weight excluding hydrogens is 398 g/mol. The lowest BCUT2D eigenvalue weighted by molar-refractivity contribution is 0.0975. The molecule has 1 aliphatic rings. The number of rotatable bonds is 4. The van der Waals surface area contributed by atoms with Gasteiger partial charge in [0.25, 0.3) is 5.91 Å². The second kappa shape index (κ2) is 7.63. The smallest absolute Gasteiger partial charge is 0.259 e. The standard InChI is InChI=1S/C19H22BrN3O3/c1-22(2)15-6-12-7-17(25-3)18(26-4)8-16(12)23(11-15)19(24)13-5-14(20)10-21-9-13/h5,7-10,15H,6,11H2,1-4H3. The molecule has 0 N–H and O–H groups in total. The average molecular weight is 420 g/mol. The van der Waals surface area contributed by atoms with E-state index in [2.05, 4.69) is 25.8 Å². The number of ether oxygens (including phenoxy) is 2. The number of likely N-dealkylation sites (N-methyl/N-ethyl adjacent to an activating group) is 1. The van der Waals surface area contributed by atoms with Crippen LogP contribution < -0.4 is 14.4 Å². The number of fused-ring (bicyclic) bond motifs is 1. The van der Waals surface area contributed by atoms with E-state index < -0.39 is 0 Å². The average Bonchev–Trinajstić information content (AvgIpc) is 2.65. The predicted molar refractivity (Wildman–Crippen MR) is 104 cm³/mol. The molecule has 0 fully saturated rings. The van der Waals surface area contributed by atoms with Crippen molar-refractivity contribution in [2.24, 2.45) is 0 Å². The number of amides is 1. The van der Waals surface area contributed by atoms with Crippen LogP contribution in [0.1, 0.15) is 15.9 Å². The Bertz CT molecular complexity index is 826. The second-order valence-electron chi connectivity index (χ2n) is 6.47. The van der Waals surface area contributed by atoms with Crippen LogP contribution in [-0.4, -0.2) is 56.7 Å². The van der Waals surface area contributed by atoms with Crippen molar-refractivity contribution in [3.63, 3.8) is 0 Å². The van der Waals surface area contributed by atoms with E-state index in [0.717, 1.165) is 22.1 Å². The number of hydrogen-bond donors (Lipinski definition) is 0. The molecule has 1 amide bonds. The Kier molecular flexibility index (Phi) is 5.48. The van der Waals surface area contributed by atoms with Gasteiger partial charge in [0.05, 0.1) is 25.5 Å². The summed E-state index contributed by atoms with van der Waals surface area (Å²) in [6.45, 7) is 0.598. The van der Waals surface area contributed by atoms with Gasteiger partial charge in [0, 0.05) is 35.5 Å². The molecule has 0 aliphatic carbocycles. The van der Waals surface area contributed by atoms with Crippen molar-refractivity contribution in [3.8, 4) is 11.5 Å². The summed E-state index contributed by atoms with van der Waals surface area (Å²) in [6, 6.07) is 5.84. The van der Waals surface area contributed by atoms with Gasteiger partial charge in [-0.1, -0.05) is 0 Å². The highest BCUT2D eigenvalue weighted by atomic mass is 79.9. The van der Waals surface area contributed by atoms with Crippen LogP contribution in [-0.2, 0) is 6.42 Å². The molecule has 1 unspecified atom stereocenters. The molecule has 2 heterocycles. The molecule has 26 heavy (non-hydrogen) atoms. The number of pyridine rings is 1. The van der Waals surface area contributed by atoms with E-state index in [0.29, 0.717) is 23.6 Å². The molecule has 0 saturated heterocycles. The molecule has 2 aromatic rings.